The Morgan fingerprint density at radius 2 is 0.753 bits per heavy atom. The minimum atomic E-state index is -0.410. The molecule has 0 fully saturated rings. The lowest BCUT2D eigenvalue weighted by Gasteiger charge is -2.09. The molecule has 4 heterocycles. The van der Waals surface area contributed by atoms with Crippen LogP contribution in [0.2, 0.25) is 20.1 Å². The standard InChI is InChI=1S/C15H16ClNOS.C14H14ClNOS.2C13H11ClFNOS/c1-3-15-13(14(16)4-5-17-15)9-19-12-7-10(2)6-11(18)8-12;1-9-3-11(17)5-12(4-9)18-8-13-10(2)6-16-7-14(13)15;2*1-8-2-9(17)4-10(3-8)18-7-11-12(14)5-16-6-13(11)15/h4-8,18H,3,9H2,1-2H3;3-7,17H,8H2,1-2H3;2*2-6,17H,7H2,1H3. The van der Waals surface area contributed by atoms with Gasteiger partial charge in [-0.05, 0) is 153 Å². The number of hydrogen-bond donors (Lipinski definition) is 4. The van der Waals surface area contributed by atoms with E-state index in [4.69, 9.17) is 46.4 Å². The molecule has 8 rings (SSSR count). The van der Waals surface area contributed by atoms with Crippen molar-refractivity contribution in [1.82, 2.24) is 19.9 Å². The predicted octanol–water partition coefficient (Wildman–Crippen LogP) is 17.3. The summed E-state index contributed by atoms with van der Waals surface area (Å²) >= 11 is 30.3. The van der Waals surface area contributed by atoms with Crippen molar-refractivity contribution in [2.24, 2.45) is 0 Å². The van der Waals surface area contributed by atoms with E-state index >= 15 is 0 Å². The first-order valence-electron chi connectivity index (χ1n) is 22.3. The molecule has 8 nitrogen and oxygen atoms in total. The normalized spacial score (nSPS) is 10.6. The molecular weight excluding hydrogens is 1090 g/mol. The van der Waals surface area contributed by atoms with Crippen molar-refractivity contribution < 1.29 is 29.2 Å². The van der Waals surface area contributed by atoms with Crippen LogP contribution in [-0.4, -0.2) is 40.4 Å². The molecule has 0 aliphatic carbocycles. The van der Waals surface area contributed by atoms with Gasteiger partial charge in [-0.25, -0.2) is 8.78 Å². The molecule has 0 amide bonds. The lowest BCUT2D eigenvalue weighted by atomic mass is 10.2. The summed E-state index contributed by atoms with van der Waals surface area (Å²) in [5.41, 5.74) is 9.18. The van der Waals surface area contributed by atoms with E-state index in [0.29, 0.717) is 49.2 Å². The highest BCUT2D eigenvalue weighted by atomic mass is 35.5. The van der Waals surface area contributed by atoms with Crippen LogP contribution in [0.1, 0.15) is 62.7 Å². The van der Waals surface area contributed by atoms with Crippen molar-refractivity contribution in [2.45, 2.75) is 90.6 Å². The molecule has 73 heavy (non-hydrogen) atoms. The Bertz CT molecular complexity index is 2760. The van der Waals surface area contributed by atoms with E-state index in [1.165, 1.54) is 35.9 Å². The van der Waals surface area contributed by atoms with Crippen molar-refractivity contribution in [2.75, 3.05) is 0 Å². The van der Waals surface area contributed by atoms with E-state index in [9.17, 15) is 29.2 Å². The molecule has 18 heteroatoms. The number of nitrogens with zero attached hydrogens (tertiary/aromatic N) is 4. The van der Waals surface area contributed by atoms with Crippen molar-refractivity contribution in [3.63, 3.8) is 0 Å². The average Bonchev–Trinajstić information content (AvgIpc) is 3.30. The van der Waals surface area contributed by atoms with Crippen LogP contribution in [-0.2, 0) is 29.4 Å². The average molecular weight is 1140 g/mol. The van der Waals surface area contributed by atoms with Gasteiger partial charge in [0.25, 0.3) is 0 Å². The van der Waals surface area contributed by atoms with Gasteiger partial charge in [0.05, 0.1) is 27.5 Å². The van der Waals surface area contributed by atoms with Crippen LogP contribution in [0.25, 0.3) is 0 Å². The van der Waals surface area contributed by atoms with Gasteiger partial charge in [0.1, 0.15) is 34.6 Å². The quantitative estimate of drug-likeness (QED) is 0.0820. The molecule has 0 aliphatic rings. The number of phenols is 4. The first-order chi connectivity index (χ1) is 34.8. The maximum atomic E-state index is 13.5. The first kappa shape index (κ1) is 59.0. The number of halogens is 6. The highest BCUT2D eigenvalue weighted by molar-refractivity contribution is 7.99. The number of thioether (sulfide) groups is 4. The Morgan fingerprint density at radius 1 is 0.425 bits per heavy atom. The minimum absolute atomic E-state index is 0.207. The molecule has 0 aliphatic heterocycles. The Kier molecular flexibility index (Phi) is 23.6. The molecule has 0 spiro atoms. The van der Waals surface area contributed by atoms with Gasteiger partial charge < -0.3 is 20.4 Å². The molecule has 0 saturated carbocycles. The monoisotopic (exact) mass is 1140 g/mol. The van der Waals surface area contributed by atoms with E-state index in [2.05, 4.69) is 39.0 Å². The Balaban J connectivity index is 0.000000181. The van der Waals surface area contributed by atoms with E-state index in [1.54, 1.807) is 84.4 Å². The largest absolute Gasteiger partial charge is 0.508 e. The van der Waals surface area contributed by atoms with Crippen LogP contribution in [0.4, 0.5) is 8.78 Å². The van der Waals surface area contributed by atoms with Crippen LogP contribution in [0.15, 0.2) is 142 Å². The second-order valence-corrected chi connectivity index (χ2v) is 22.1. The third-order valence-electron chi connectivity index (χ3n) is 10.2. The van der Waals surface area contributed by atoms with Crippen molar-refractivity contribution in [3.05, 3.63) is 210 Å². The van der Waals surface area contributed by atoms with Crippen LogP contribution < -0.4 is 0 Å². The molecule has 8 aromatic rings. The minimum Gasteiger partial charge on any atom is -0.508 e. The molecule has 382 valence electrons. The molecule has 0 bridgehead atoms. The Hall–Kier alpha value is -4.90. The molecule has 4 aromatic heterocycles. The van der Waals surface area contributed by atoms with E-state index < -0.39 is 11.6 Å². The molecular formula is C55H52Cl4F2N4O4S4. The molecule has 0 unspecified atom stereocenters. The summed E-state index contributed by atoms with van der Waals surface area (Å²) in [6.45, 7) is 11.8. The zero-order valence-corrected chi connectivity index (χ0v) is 46.9. The fraction of sp³-hybridized carbons (Fsp3) is 0.200. The smallest absolute Gasteiger partial charge is 0.147 e. The number of hydrogen-bond acceptors (Lipinski definition) is 12. The topological polar surface area (TPSA) is 132 Å². The maximum Gasteiger partial charge on any atom is 0.147 e. The van der Waals surface area contributed by atoms with Gasteiger partial charge >= 0.3 is 0 Å². The highest BCUT2D eigenvalue weighted by Crippen LogP contribution is 2.35. The number of pyridine rings is 4. The van der Waals surface area contributed by atoms with Gasteiger partial charge in [-0.15, -0.1) is 47.0 Å². The van der Waals surface area contributed by atoms with Crippen LogP contribution in [0, 0.1) is 46.3 Å². The number of phenolic OH excluding ortho intramolecular Hbond substituents is 4. The lowest BCUT2D eigenvalue weighted by Crippen LogP contribution is -1.95. The van der Waals surface area contributed by atoms with E-state index in [1.807, 2.05) is 59.0 Å². The first-order valence-corrected chi connectivity index (χ1v) is 27.7. The summed E-state index contributed by atoms with van der Waals surface area (Å²) in [4.78, 5) is 19.6. The van der Waals surface area contributed by atoms with Crippen molar-refractivity contribution in [3.8, 4) is 23.0 Å². The molecule has 0 atom stereocenters. The third-order valence-corrected chi connectivity index (χ3v) is 15.6. The van der Waals surface area contributed by atoms with Gasteiger partial charge in [0, 0.05) is 101 Å². The van der Waals surface area contributed by atoms with E-state index in [0.717, 1.165) is 99.6 Å². The Morgan fingerprint density at radius 3 is 1.08 bits per heavy atom. The number of aromatic nitrogens is 4. The summed E-state index contributed by atoms with van der Waals surface area (Å²) in [7, 11) is 0. The second-order valence-electron chi connectivity index (χ2n) is 16.3. The fourth-order valence-corrected chi connectivity index (χ4v) is 12.4. The molecule has 0 saturated heterocycles. The highest BCUT2D eigenvalue weighted by Gasteiger charge is 2.12. The predicted molar refractivity (Wildman–Crippen MR) is 301 cm³/mol. The van der Waals surface area contributed by atoms with Gasteiger partial charge in [-0.3, -0.25) is 19.9 Å². The number of aromatic hydroxyl groups is 4. The summed E-state index contributed by atoms with van der Waals surface area (Å²) in [6.07, 6.45) is 11.2. The SMILES string of the molecule is CCc1nccc(Cl)c1CSc1cc(C)cc(O)c1.Cc1cc(O)cc(SCc2c(C)cncc2Cl)c1.Cc1cc(O)cc(SCc2c(F)cncc2Cl)c1.Cc1cc(O)cc(SCc2c(F)cncc2Cl)c1. The zero-order chi connectivity index (χ0) is 53.2. The summed E-state index contributed by atoms with van der Waals surface area (Å²) in [5.74, 6) is 2.53. The number of rotatable bonds is 13. The van der Waals surface area contributed by atoms with Gasteiger partial charge in [0.2, 0.25) is 0 Å². The fourth-order valence-electron chi connectivity index (χ4n) is 6.73. The number of benzene rings is 4. The summed E-state index contributed by atoms with van der Waals surface area (Å²) in [5, 5.41) is 40.2. The van der Waals surface area contributed by atoms with Crippen LogP contribution in [0.3, 0.4) is 0 Å². The summed E-state index contributed by atoms with van der Waals surface area (Å²) < 4.78 is 27.0. The van der Waals surface area contributed by atoms with Crippen molar-refractivity contribution in [1.29, 1.82) is 0 Å². The van der Waals surface area contributed by atoms with E-state index in [-0.39, 0.29) is 11.5 Å². The molecule has 4 N–H and O–H groups in total. The second kappa shape index (κ2) is 29.3. The Labute approximate surface area is 462 Å². The van der Waals surface area contributed by atoms with Gasteiger partial charge in [-0.1, -0.05) is 53.3 Å². The lowest BCUT2D eigenvalue weighted by molar-refractivity contribution is 0.472. The zero-order valence-electron chi connectivity index (χ0n) is 40.6. The van der Waals surface area contributed by atoms with Crippen LogP contribution in [0.5, 0.6) is 23.0 Å². The number of aryl methyl sites for hydroxylation is 6. The maximum absolute atomic E-state index is 13.5. The molecule has 0 radical (unpaired) electrons. The van der Waals surface area contributed by atoms with Crippen molar-refractivity contribution >= 4 is 93.5 Å². The van der Waals surface area contributed by atoms with Gasteiger partial charge in [0.15, 0.2) is 0 Å². The third kappa shape index (κ3) is 19.4. The van der Waals surface area contributed by atoms with Gasteiger partial charge in [-0.2, -0.15) is 0 Å². The summed E-state index contributed by atoms with van der Waals surface area (Å²) in [6, 6.07) is 23.4. The molecule has 4 aromatic carbocycles. The van der Waals surface area contributed by atoms with Crippen LogP contribution >= 0.6 is 93.5 Å².